The van der Waals surface area contributed by atoms with Gasteiger partial charge in [-0.1, -0.05) is 18.2 Å². The predicted octanol–water partition coefficient (Wildman–Crippen LogP) is 3.80. The number of hydrogen-bond donors (Lipinski definition) is 0. The van der Waals surface area contributed by atoms with Crippen molar-refractivity contribution in [3.05, 3.63) is 93.8 Å². The van der Waals surface area contributed by atoms with Gasteiger partial charge in [-0.05, 0) is 30.3 Å². The number of pyridine rings is 1. The zero-order chi connectivity index (χ0) is 18.7. The number of nitrogens with zero attached hydrogens (tertiary/aromatic N) is 2. The monoisotopic (exact) mass is 362 g/mol. The van der Waals surface area contributed by atoms with Crippen molar-refractivity contribution in [2.75, 3.05) is 0 Å². The highest BCUT2D eigenvalue weighted by molar-refractivity contribution is 6.10. The van der Waals surface area contributed by atoms with Gasteiger partial charge in [0.05, 0.1) is 23.4 Å². The predicted molar refractivity (Wildman–Crippen MR) is 96.8 cm³/mol. The van der Waals surface area contributed by atoms with Crippen molar-refractivity contribution in [3.8, 4) is 11.4 Å². The van der Waals surface area contributed by atoms with Crippen LogP contribution in [0.4, 0.5) is 8.78 Å². The van der Waals surface area contributed by atoms with Crippen LogP contribution in [0.3, 0.4) is 0 Å². The van der Waals surface area contributed by atoms with Crippen molar-refractivity contribution < 1.29 is 13.6 Å². The number of para-hydroxylation sites is 1. The van der Waals surface area contributed by atoms with E-state index < -0.39 is 17.5 Å². The Bertz CT molecular complexity index is 1320. The fourth-order valence-electron chi connectivity index (χ4n) is 3.72. The van der Waals surface area contributed by atoms with E-state index >= 15 is 0 Å². The van der Waals surface area contributed by atoms with Gasteiger partial charge in [0.25, 0.3) is 5.91 Å². The molecule has 3 heterocycles. The Hall–Kier alpha value is -3.54. The first-order valence-electron chi connectivity index (χ1n) is 8.38. The third kappa shape index (κ3) is 2.13. The number of carbonyl (C=O) groups is 1. The Balaban J connectivity index is 1.87. The second-order valence-electron chi connectivity index (χ2n) is 6.46. The molecule has 5 rings (SSSR count). The molecule has 6 heteroatoms. The lowest BCUT2D eigenvalue weighted by Gasteiger charge is -2.16. The standard InChI is InChI=1S/C21H12F2N2O2/c22-13-8-7-12(15(23)10-13)11-25-16-5-2-1-4-14(16)20(26)18-19(25)17-6-3-9-24(17)21(18)27/h1-10H,11H2. The summed E-state index contributed by atoms with van der Waals surface area (Å²) < 4.78 is 30.7. The molecule has 2 aromatic heterocycles. The maximum atomic E-state index is 14.3. The number of aromatic nitrogens is 2. The van der Waals surface area contributed by atoms with E-state index in [0.717, 1.165) is 6.07 Å². The van der Waals surface area contributed by atoms with E-state index in [1.807, 2.05) is 0 Å². The van der Waals surface area contributed by atoms with E-state index in [1.54, 1.807) is 47.2 Å². The highest BCUT2D eigenvalue weighted by Crippen LogP contribution is 2.33. The summed E-state index contributed by atoms with van der Waals surface area (Å²) in [4.78, 5) is 25.7. The number of fused-ring (bicyclic) bond motifs is 4. The van der Waals surface area contributed by atoms with Crippen molar-refractivity contribution in [2.45, 2.75) is 6.54 Å². The van der Waals surface area contributed by atoms with Gasteiger partial charge in [-0.2, -0.15) is 0 Å². The van der Waals surface area contributed by atoms with Gasteiger partial charge in [0, 0.05) is 23.2 Å². The lowest BCUT2D eigenvalue weighted by Crippen LogP contribution is -2.20. The fourth-order valence-corrected chi connectivity index (χ4v) is 3.72. The summed E-state index contributed by atoms with van der Waals surface area (Å²) in [6, 6.07) is 13.8. The Morgan fingerprint density at radius 2 is 1.74 bits per heavy atom. The van der Waals surface area contributed by atoms with E-state index in [0.29, 0.717) is 22.3 Å². The maximum absolute atomic E-state index is 14.3. The number of halogens is 2. The van der Waals surface area contributed by atoms with Crippen molar-refractivity contribution in [1.82, 2.24) is 9.13 Å². The molecule has 0 radical (unpaired) electrons. The summed E-state index contributed by atoms with van der Waals surface area (Å²) in [5, 5.41) is 0.387. The number of hydrogen-bond acceptors (Lipinski definition) is 2. The first-order valence-corrected chi connectivity index (χ1v) is 8.38. The van der Waals surface area contributed by atoms with Crippen molar-refractivity contribution in [3.63, 3.8) is 0 Å². The Morgan fingerprint density at radius 1 is 0.926 bits per heavy atom. The molecule has 1 aliphatic rings. The summed E-state index contributed by atoms with van der Waals surface area (Å²) in [6.07, 6.45) is 1.60. The molecular weight excluding hydrogens is 350 g/mol. The third-order valence-electron chi connectivity index (χ3n) is 4.94. The van der Waals surface area contributed by atoms with E-state index in [4.69, 9.17) is 0 Å². The normalized spacial score (nSPS) is 12.4. The van der Waals surface area contributed by atoms with Crippen molar-refractivity contribution in [2.24, 2.45) is 0 Å². The molecular formula is C21H12F2N2O2. The maximum Gasteiger partial charge on any atom is 0.268 e. The molecule has 132 valence electrons. The smallest absolute Gasteiger partial charge is 0.268 e. The largest absolute Gasteiger partial charge is 0.334 e. The van der Waals surface area contributed by atoms with E-state index in [-0.39, 0.29) is 23.1 Å². The Labute approximate surface area is 151 Å². The van der Waals surface area contributed by atoms with Gasteiger partial charge in [-0.15, -0.1) is 0 Å². The number of carbonyl (C=O) groups excluding carboxylic acids is 1. The molecule has 2 aromatic carbocycles. The van der Waals surface area contributed by atoms with Gasteiger partial charge in [-0.3, -0.25) is 14.2 Å². The molecule has 0 N–H and O–H groups in total. The molecule has 0 spiro atoms. The van der Waals surface area contributed by atoms with Gasteiger partial charge in [0.1, 0.15) is 17.2 Å². The fraction of sp³-hybridized carbons (Fsp3) is 0.0476. The third-order valence-corrected chi connectivity index (χ3v) is 4.94. The topological polar surface area (TPSA) is 44.0 Å². The Morgan fingerprint density at radius 3 is 2.56 bits per heavy atom. The summed E-state index contributed by atoms with van der Waals surface area (Å²) in [5.74, 6) is -1.73. The van der Waals surface area contributed by atoms with E-state index in [1.165, 1.54) is 16.7 Å². The van der Waals surface area contributed by atoms with Crippen molar-refractivity contribution in [1.29, 1.82) is 0 Å². The van der Waals surface area contributed by atoms with Crippen LogP contribution in [0.1, 0.15) is 15.9 Å². The first kappa shape index (κ1) is 15.7. The lowest BCUT2D eigenvalue weighted by atomic mass is 10.1. The quantitative estimate of drug-likeness (QED) is 0.479. The minimum atomic E-state index is -0.675. The van der Waals surface area contributed by atoms with Crippen LogP contribution in [0, 0.1) is 11.6 Å². The number of rotatable bonds is 2. The average molecular weight is 362 g/mol. The van der Waals surface area contributed by atoms with Gasteiger partial charge in [0.15, 0.2) is 0 Å². The molecule has 27 heavy (non-hydrogen) atoms. The number of benzene rings is 2. The Kier molecular flexibility index (Phi) is 3.18. The summed E-state index contributed by atoms with van der Waals surface area (Å²) >= 11 is 0. The summed E-state index contributed by atoms with van der Waals surface area (Å²) in [6.45, 7) is 0.0632. The van der Waals surface area contributed by atoms with Gasteiger partial charge < -0.3 is 4.57 Å². The van der Waals surface area contributed by atoms with Gasteiger partial charge in [-0.25, -0.2) is 8.78 Å². The van der Waals surface area contributed by atoms with E-state index in [9.17, 15) is 18.4 Å². The van der Waals surface area contributed by atoms with Crippen LogP contribution in [-0.2, 0) is 6.54 Å². The average Bonchev–Trinajstić information content (AvgIpc) is 3.23. The van der Waals surface area contributed by atoms with Gasteiger partial charge in [0.2, 0.25) is 5.43 Å². The second-order valence-corrected chi connectivity index (χ2v) is 6.46. The first-order chi connectivity index (χ1) is 13.1. The molecule has 0 unspecified atom stereocenters. The molecule has 4 aromatic rings. The minimum absolute atomic E-state index is 0.0632. The molecule has 0 bridgehead atoms. The minimum Gasteiger partial charge on any atom is -0.334 e. The summed E-state index contributed by atoms with van der Waals surface area (Å²) in [5.41, 5.74) is 1.63. The van der Waals surface area contributed by atoms with Gasteiger partial charge >= 0.3 is 0 Å². The van der Waals surface area contributed by atoms with Crippen LogP contribution in [0.25, 0.3) is 22.3 Å². The molecule has 0 aliphatic carbocycles. The van der Waals surface area contributed by atoms with Crippen LogP contribution >= 0.6 is 0 Å². The second kappa shape index (κ2) is 5.48. The highest BCUT2D eigenvalue weighted by atomic mass is 19.1. The van der Waals surface area contributed by atoms with Crippen LogP contribution in [0.2, 0.25) is 0 Å². The molecule has 0 fully saturated rings. The lowest BCUT2D eigenvalue weighted by molar-refractivity contribution is 0.0968. The molecule has 0 amide bonds. The highest BCUT2D eigenvalue weighted by Gasteiger charge is 2.32. The molecule has 4 nitrogen and oxygen atoms in total. The molecule has 1 aliphatic heterocycles. The van der Waals surface area contributed by atoms with Crippen LogP contribution in [0.15, 0.2) is 65.6 Å². The SMILES string of the molecule is O=C1c2c(n(Cc3ccc(F)cc3F)c3ccccc3c2=O)-c2cccn21. The van der Waals surface area contributed by atoms with Crippen LogP contribution in [0.5, 0.6) is 0 Å². The summed E-state index contributed by atoms with van der Waals surface area (Å²) in [7, 11) is 0. The van der Waals surface area contributed by atoms with Crippen LogP contribution < -0.4 is 5.43 Å². The molecule has 0 saturated heterocycles. The molecule has 0 atom stereocenters. The van der Waals surface area contributed by atoms with Crippen LogP contribution in [-0.4, -0.2) is 15.0 Å². The van der Waals surface area contributed by atoms with E-state index in [2.05, 4.69) is 0 Å². The van der Waals surface area contributed by atoms with Crippen molar-refractivity contribution >= 4 is 16.8 Å². The zero-order valence-corrected chi connectivity index (χ0v) is 13.9. The zero-order valence-electron chi connectivity index (χ0n) is 13.9. The molecule has 0 saturated carbocycles.